The lowest BCUT2D eigenvalue weighted by molar-refractivity contribution is -0.137. The Morgan fingerprint density at radius 1 is 1.20 bits per heavy atom. The van der Waals surface area contributed by atoms with Gasteiger partial charge in [-0.15, -0.1) is 0 Å². The number of aryl methyl sites for hydroxylation is 1. The average molecular weight is 339 g/mol. The Hall–Kier alpha value is -2.63. The van der Waals surface area contributed by atoms with Gasteiger partial charge in [-0.3, -0.25) is 14.3 Å². The van der Waals surface area contributed by atoms with Crippen LogP contribution < -0.4 is 0 Å². The van der Waals surface area contributed by atoms with E-state index in [1.54, 1.807) is 0 Å². The van der Waals surface area contributed by atoms with Gasteiger partial charge < -0.3 is 10.0 Å². The largest absolute Gasteiger partial charge is 0.481 e. The Labute approximate surface area is 146 Å². The molecule has 0 bridgehead atoms. The van der Waals surface area contributed by atoms with E-state index in [9.17, 15) is 9.59 Å². The Balaban J connectivity index is 1.39. The summed E-state index contributed by atoms with van der Waals surface area (Å²) in [4.78, 5) is 25.4. The minimum absolute atomic E-state index is 0.0833. The third kappa shape index (κ3) is 3.29. The lowest BCUT2D eigenvalue weighted by Crippen LogP contribution is -2.39. The quantitative estimate of drug-likeness (QED) is 0.904. The van der Waals surface area contributed by atoms with Crippen LogP contribution in [-0.2, 0) is 29.1 Å². The van der Waals surface area contributed by atoms with Gasteiger partial charge in [0.1, 0.15) is 0 Å². The van der Waals surface area contributed by atoms with Crippen molar-refractivity contribution in [3.63, 3.8) is 0 Å². The number of hydrogen-bond donors (Lipinski definition) is 1. The van der Waals surface area contributed by atoms with Crippen LogP contribution in [0.5, 0.6) is 0 Å². The molecule has 1 aromatic heterocycles. The van der Waals surface area contributed by atoms with Crippen LogP contribution in [0, 0.1) is 5.92 Å². The second kappa shape index (κ2) is 6.35. The van der Waals surface area contributed by atoms with E-state index in [1.807, 2.05) is 33.8 Å². The van der Waals surface area contributed by atoms with Gasteiger partial charge in [0.25, 0.3) is 0 Å². The average Bonchev–Trinajstić information content (AvgIpc) is 3.32. The van der Waals surface area contributed by atoms with Crippen molar-refractivity contribution in [2.24, 2.45) is 5.92 Å². The number of carboxylic acids is 1. The summed E-state index contributed by atoms with van der Waals surface area (Å²) in [6, 6.07) is 12.2. The molecule has 1 aliphatic heterocycles. The molecule has 6 nitrogen and oxygen atoms in total. The number of carboxylic acid groups (broad SMARTS) is 1. The van der Waals surface area contributed by atoms with Crippen molar-refractivity contribution in [1.82, 2.24) is 14.7 Å². The molecule has 0 spiro atoms. The van der Waals surface area contributed by atoms with Crippen LogP contribution in [0.2, 0.25) is 0 Å². The summed E-state index contributed by atoms with van der Waals surface area (Å²) in [5.74, 6) is -0.133. The number of amides is 1. The molecule has 130 valence electrons. The molecule has 1 fully saturated rings. The van der Waals surface area contributed by atoms with Gasteiger partial charge in [0.2, 0.25) is 5.91 Å². The number of nitrogens with zero attached hydrogens (tertiary/aromatic N) is 3. The van der Waals surface area contributed by atoms with Crippen molar-refractivity contribution in [2.75, 3.05) is 6.54 Å². The molecule has 4 rings (SSSR count). The smallest absolute Gasteiger partial charge is 0.303 e. The highest BCUT2D eigenvalue weighted by molar-refractivity contribution is 5.83. The SMILES string of the molecule is O=C(O)CCc1cc2n(n1)CCN(C(=O)[C@@H]1C[C@H]1c1ccccc1)C2. The number of hydrogen-bond acceptors (Lipinski definition) is 3. The zero-order valence-electron chi connectivity index (χ0n) is 14.0. The van der Waals surface area contributed by atoms with Crippen LogP contribution in [0.25, 0.3) is 0 Å². The fourth-order valence-electron chi connectivity index (χ4n) is 3.64. The van der Waals surface area contributed by atoms with Crippen molar-refractivity contribution in [2.45, 2.75) is 38.3 Å². The zero-order valence-corrected chi connectivity index (χ0v) is 14.0. The van der Waals surface area contributed by atoms with Gasteiger partial charge >= 0.3 is 5.97 Å². The third-order valence-corrected chi connectivity index (χ3v) is 5.09. The monoisotopic (exact) mass is 339 g/mol. The summed E-state index contributed by atoms with van der Waals surface area (Å²) in [7, 11) is 0. The Morgan fingerprint density at radius 3 is 2.76 bits per heavy atom. The molecule has 2 aliphatic rings. The molecule has 0 radical (unpaired) electrons. The predicted octanol–water partition coefficient (Wildman–Crippen LogP) is 2.05. The maximum Gasteiger partial charge on any atom is 0.303 e. The maximum absolute atomic E-state index is 12.8. The van der Waals surface area contributed by atoms with Crippen LogP contribution in [-0.4, -0.2) is 38.2 Å². The van der Waals surface area contributed by atoms with E-state index in [0.29, 0.717) is 32.0 Å². The minimum atomic E-state index is -0.816. The minimum Gasteiger partial charge on any atom is -0.481 e. The Morgan fingerprint density at radius 2 is 2.00 bits per heavy atom. The molecule has 25 heavy (non-hydrogen) atoms. The van der Waals surface area contributed by atoms with Crippen molar-refractivity contribution in [1.29, 1.82) is 0 Å². The van der Waals surface area contributed by atoms with Gasteiger partial charge in [-0.2, -0.15) is 5.10 Å². The molecule has 0 unspecified atom stereocenters. The van der Waals surface area contributed by atoms with E-state index in [-0.39, 0.29) is 18.2 Å². The van der Waals surface area contributed by atoms with Crippen LogP contribution in [0.4, 0.5) is 0 Å². The van der Waals surface area contributed by atoms with Gasteiger partial charge in [-0.25, -0.2) is 0 Å². The zero-order chi connectivity index (χ0) is 17.4. The number of fused-ring (bicyclic) bond motifs is 1. The first-order valence-electron chi connectivity index (χ1n) is 8.73. The fourth-order valence-corrected chi connectivity index (χ4v) is 3.64. The highest BCUT2D eigenvalue weighted by atomic mass is 16.4. The fraction of sp³-hybridized carbons (Fsp3) is 0.421. The second-order valence-electron chi connectivity index (χ2n) is 6.86. The molecule has 6 heteroatoms. The maximum atomic E-state index is 12.8. The summed E-state index contributed by atoms with van der Waals surface area (Å²) < 4.78 is 1.91. The first-order valence-corrected chi connectivity index (χ1v) is 8.73. The highest BCUT2D eigenvalue weighted by Gasteiger charge is 2.46. The number of benzene rings is 1. The van der Waals surface area contributed by atoms with Crippen molar-refractivity contribution < 1.29 is 14.7 Å². The van der Waals surface area contributed by atoms with Gasteiger partial charge in [-0.05, 0) is 24.0 Å². The van der Waals surface area contributed by atoms with E-state index >= 15 is 0 Å². The predicted molar refractivity (Wildman–Crippen MR) is 90.9 cm³/mol. The lowest BCUT2D eigenvalue weighted by Gasteiger charge is -2.28. The van der Waals surface area contributed by atoms with Gasteiger partial charge in [0.15, 0.2) is 0 Å². The topological polar surface area (TPSA) is 75.4 Å². The van der Waals surface area contributed by atoms with Crippen LogP contribution in [0.15, 0.2) is 36.4 Å². The van der Waals surface area contributed by atoms with E-state index in [1.165, 1.54) is 5.56 Å². The summed E-state index contributed by atoms with van der Waals surface area (Å²) in [5, 5.41) is 13.2. The standard InChI is InChI=1S/C19H21N3O3/c23-18(24)7-6-14-10-15-12-21(8-9-22(15)20-14)19(25)17-11-16(17)13-4-2-1-3-5-13/h1-5,10,16-17H,6-9,11-12H2,(H,23,24)/t16-,17+/m0/s1. The molecule has 1 saturated carbocycles. The number of aromatic nitrogens is 2. The number of rotatable bonds is 5. The molecule has 1 aromatic carbocycles. The molecule has 2 aromatic rings. The van der Waals surface area contributed by atoms with Crippen LogP contribution in [0.3, 0.4) is 0 Å². The van der Waals surface area contributed by atoms with E-state index in [4.69, 9.17) is 5.11 Å². The molecule has 1 amide bonds. The number of carbonyl (C=O) groups is 2. The Bertz CT molecular complexity index is 800. The summed E-state index contributed by atoms with van der Waals surface area (Å²) in [6.07, 6.45) is 1.45. The van der Waals surface area contributed by atoms with E-state index in [0.717, 1.165) is 17.8 Å². The molecular formula is C19H21N3O3. The highest BCUT2D eigenvalue weighted by Crippen LogP contribution is 2.48. The van der Waals surface area contributed by atoms with Crippen molar-refractivity contribution in [3.8, 4) is 0 Å². The second-order valence-corrected chi connectivity index (χ2v) is 6.86. The molecule has 0 saturated heterocycles. The lowest BCUT2D eigenvalue weighted by atomic mass is 10.1. The van der Waals surface area contributed by atoms with Crippen LogP contribution in [0.1, 0.15) is 35.7 Å². The molecular weight excluding hydrogens is 318 g/mol. The van der Waals surface area contributed by atoms with Gasteiger partial charge in [0, 0.05) is 18.9 Å². The van der Waals surface area contributed by atoms with Gasteiger partial charge in [0.05, 0.1) is 30.9 Å². The Kier molecular flexibility index (Phi) is 4.03. The number of aliphatic carboxylic acids is 1. The molecule has 1 N–H and O–H groups in total. The number of carbonyl (C=O) groups excluding carboxylic acids is 1. The van der Waals surface area contributed by atoms with Crippen molar-refractivity contribution >= 4 is 11.9 Å². The van der Waals surface area contributed by atoms with Gasteiger partial charge in [-0.1, -0.05) is 30.3 Å². The van der Waals surface area contributed by atoms with E-state index < -0.39 is 5.97 Å². The third-order valence-electron chi connectivity index (χ3n) is 5.09. The first-order chi connectivity index (χ1) is 12.1. The molecule has 2 heterocycles. The molecule has 1 aliphatic carbocycles. The first kappa shape index (κ1) is 15.9. The molecule has 2 atom stereocenters. The normalized spacial score (nSPS) is 21.7. The summed E-state index contributed by atoms with van der Waals surface area (Å²) >= 11 is 0. The summed E-state index contributed by atoms with van der Waals surface area (Å²) in [6.45, 7) is 1.91. The van der Waals surface area contributed by atoms with Crippen LogP contribution >= 0.6 is 0 Å². The van der Waals surface area contributed by atoms with Crippen molar-refractivity contribution in [3.05, 3.63) is 53.3 Å². The van der Waals surface area contributed by atoms with E-state index in [2.05, 4.69) is 17.2 Å². The summed E-state index contributed by atoms with van der Waals surface area (Å²) in [5.41, 5.74) is 3.04.